The summed E-state index contributed by atoms with van der Waals surface area (Å²) in [6.07, 6.45) is 0. The highest BCUT2D eigenvalue weighted by atomic mass is 19.1. The second-order valence-electron chi connectivity index (χ2n) is 10.0. The molecule has 0 atom stereocenters. The zero-order chi connectivity index (χ0) is 28.5. The molecule has 1 heterocycles. The predicted molar refractivity (Wildman–Crippen MR) is 164 cm³/mol. The molecular weight excluding hydrogens is 524 g/mol. The largest absolute Gasteiger partial charge is 0.208 e. The molecule has 6 aromatic carbocycles. The molecule has 7 aromatic rings. The second-order valence-corrected chi connectivity index (χ2v) is 10.0. The first kappa shape index (κ1) is 25.4. The molecule has 0 bridgehead atoms. The fourth-order valence-electron chi connectivity index (χ4n) is 5.01. The number of aromatic nitrogens is 3. The predicted octanol–water partition coefficient (Wildman–Crippen LogP) is 9.64. The van der Waals surface area contributed by atoms with Gasteiger partial charge in [-0.3, -0.25) is 0 Å². The molecule has 0 spiro atoms. The van der Waals surface area contributed by atoms with Crippen LogP contribution in [0.3, 0.4) is 0 Å². The van der Waals surface area contributed by atoms with Gasteiger partial charge in [-0.2, -0.15) is 0 Å². The molecule has 0 unspecified atom stereocenters. The van der Waals surface area contributed by atoms with Gasteiger partial charge in [0.2, 0.25) is 0 Å². The first-order valence-corrected chi connectivity index (χ1v) is 13.6. The Morgan fingerprint density at radius 3 is 1.07 bits per heavy atom. The van der Waals surface area contributed by atoms with Crippen LogP contribution in [0.15, 0.2) is 140 Å². The number of halogens is 2. The molecule has 0 amide bonds. The van der Waals surface area contributed by atoms with Crippen LogP contribution in [0.1, 0.15) is 0 Å². The quantitative estimate of drug-likeness (QED) is 0.215. The van der Waals surface area contributed by atoms with Gasteiger partial charge in [0.1, 0.15) is 11.6 Å². The lowest BCUT2D eigenvalue weighted by atomic mass is 9.97. The van der Waals surface area contributed by atoms with E-state index in [-0.39, 0.29) is 11.6 Å². The molecule has 0 aliphatic heterocycles. The van der Waals surface area contributed by atoms with Crippen LogP contribution in [0.25, 0.3) is 67.2 Å². The van der Waals surface area contributed by atoms with E-state index in [1.807, 2.05) is 30.3 Å². The van der Waals surface area contributed by atoms with Gasteiger partial charge in [-0.25, -0.2) is 23.7 Å². The van der Waals surface area contributed by atoms with Crippen LogP contribution in [0.2, 0.25) is 0 Å². The summed E-state index contributed by atoms with van der Waals surface area (Å²) in [5.41, 5.74) is 6.69. The van der Waals surface area contributed by atoms with E-state index >= 15 is 0 Å². The van der Waals surface area contributed by atoms with Crippen LogP contribution in [0.5, 0.6) is 0 Å². The number of hydrogen-bond donors (Lipinski definition) is 0. The molecular formula is C37H23F2N3. The molecule has 1 aromatic heterocycles. The van der Waals surface area contributed by atoms with Gasteiger partial charge in [0.15, 0.2) is 17.5 Å². The monoisotopic (exact) mass is 547 g/mol. The Morgan fingerprint density at radius 1 is 0.310 bits per heavy atom. The molecule has 0 aliphatic carbocycles. The minimum atomic E-state index is -0.340. The number of nitrogens with zero attached hydrogens (tertiary/aromatic N) is 3. The van der Waals surface area contributed by atoms with Crippen molar-refractivity contribution in [3.05, 3.63) is 151 Å². The molecule has 7 rings (SSSR count). The summed E-state index contributed by atoms with van der Waals surface area (Å²) in [5.74, 6) is 0.614. The van der Waals surface area contributed by atoms with E-state index in [2.05, 4.69) is 65.6 Å². The van der Waals surface area contributed by atoms with Gasteiger partial charge in [0, 0.05) is 16.7 Å². The minimum absolute atomic E-state index is 0.340. The van der Waals surface area contributed by atoms with Gasteiger partial charge >= 0.3 is 0 Å². The zero-order valence-electron chi connectivity index (χ0n) is 22.4. The van der Waals surface area contributed by atoms with Crippen molar-refractivity contribution in [1.82, 2.24) is 15.0 Å². The average molecular weight is 548 g/mol. The van der Waals surface area contributed by atoms with Crippen LogP contribution >= 0.6 is 0 Å². The lowest BCUT2D eigenvalue weighted by Crippen LogP contribution is -2.00. The van der Waals surface area contributed by atoms with Crippen molar-refractivity contribution in [3.8, 4) is 56.4 Å². The number of fused-ring (bicyclic) bond motifs is 1. The Bertz CT molecular complexity index is 1960. The summed E-state index contributed by atoms with van der Waals surface area (Å²) in [7, 11) is 0. The highest BCUT2D eigenvalue weighted by molar-refractivity contribution is 5.91. The number of benzene rings is 6. The van der Waals surface area contributed by atoms with Crippen LogP contribution in [-0.2, 0) is 0 Å². The summed E-state index contributed by atoms with van der Waals surface area (Å²) in [5, 5.41) is 2.35. The van der Waals surface area contributed by atoms with Gasteiger partial charge in [-0.05, 0) is 93.7 Å². The third-order valence-corrected chi connectivity index (χ3v) is 7.26. The summed E-state index contributed by atoms with van der Waals surface area (Å²) < 4.78 is 27.2. The smallest absolute Gasteiger partial charge is 0.164 e. The van der Waals surface area contributed by atoms with E-state index in [1.165, 1.54) is 46.2 Å². The van der Waals surface area contributed by atoms with Crippen molar-refractivity contribution in [2.45, 2.75) is 0 Å². The summed E-state index contributed by atoms with van der Waals surface area (Å²) in [6.45, 7) is 0. The first-order chi connectivity index (χ1) is 20.6. The van der Waals surface area contributed by atoms with E-state index in [4.69, 9.17) is 9.97 Å². The molecule has 0 aliphatic rings. The maximum Gasteiger partial charge on any atom is 0.164 e. The summed E-state index contributed by atoms with van der Waals surface area (Å²) >= 11 is 0. The molecule has 0 saturated heterocycles. The third kappa shape index (κ3) is 5.16. The Balaban J connectivity index is 1.23. The lowest BCUT2D eigenvalue weighted by Gasteiger charge is -2.10. The highest BCUT2D eigenvalue weighted by Gasteiger charge is 2.13. The van der Waals surface area contributed by atoms with Gasteiger partial charge in [0.05, 0.1) is 0 Å². The molecule has 5 heteroatoms. The van der Waals surface area contributed by atoms with Crippen molar-refractivity contribution < 1.29 is 8.78 Å². The lowest BCUT2D eigenvalue weighted by molar-refractivity contribution is 0.627. The average Bonchev–Trinajstić information content (AvgIpc) is 3.05. The van der Waals surface area contributed by atoms with E-state index in [0.29, 0.717) is 28.6 Å². The molecule has 42 heavy (non-hydrogen) atoms. The van der Waals surface area contributed by atoms with Gasteiger partial charge < -0.3 is 0 Å². The zero-order valence-corrected chi connectivity index (χ0v) is 22.4. The van der Waals surface area contributed by atoms with Crippen molar-refractivity contribution >= 4 is 10.8 Å². The van der Waals surface area contributed by atoms with Crippen molar-refractivity contribution in [2.24, 2.45) is 0 Å². The molecule has 0 N–H and O–H groups in total. The Morgan fingerprint density at radius 2 is 0.643 bits per heavy atom. The van der Waals surface area contributed by atoms with E-state index in [9.17, 15) is 8.78 Å². The maximum atomic E-state index is 13.6. The fraction of sp³-hybridized carbons (Fsp3) is 0. The molecule has 3 nitrogen and oxygen atoms in total. The van der Waals surface area contributed by atoms with Crippen LogP contribution < -0.4 is 0 Å². The van der Waals surface area contributed by atoms with Crippen molar-refractivity contribution in [3.63, 3.8) is 0 Å². The molecule has 0 radical (unpaired) electrons. The van der Waals surface area contributed by atoms with Crippen molar-refractivity contribution in [1.29, 1.82) is 0 Å². The van der Waals surface area contributed by atoms with Gasteiger partial charge in [-0.1, -0.05) is 78.9 Å². The normalized spacial score (nSPS) is 11.1. The van der Waals surface area contributed by atoms with Gasteiger partial charge in [-0.15, -0.1) is 0 Å². The topological polar surface area (TPSA) is 38.7 Å². The fourth-order valence-corrected chi connectivity index (χ4v) is 5.01. The second kappa shape index (κ2) is 10.8. The highest BCUT2D eigenvalue weighted by Crippen LogP contribution is 2.30. The molecule has 200 valence electrons. The molecule has 0 fully saturated rings. The van der Waals surface area contributed by atoms with E-state index in [1.54, 1.807) is 24.3 Å². The van der Waals surface area contributed by atoms with Crippen LogP contribution in [0.4, 0.5) is 8.78 Å². The SMILES string of the molecule is Fc1ccc(-c2nc(-c3ccc(F)cc3)nc(-c3ccc(-c4ccc5cc(-c6ccccc6)ccc5c4)cc3)n2)cc1. The van der Waals surface area contributed by atoms with Crippen molar-refractivity contribution in [2.75, 3.05) is 0 Å². The number of rotatable bonds is 5. The van der Waals surface area contributed by atoms with Gasteiger partial charge in [0.25, 0.3) is 0 Å². The number of hydrogen-bond acceptors (Lipinski definition) is 3. The minimum Gasteiger partial charge on any atom is -0.208 e. The third-order valence-electron chi connectivity index (χ3n) is 7.26. The maximum absolute atomic E-state index is 13.6. The molecule has 0 saturated carbocycles. The summed E-state index contributed by atoms with van der Waals surface area (Å²) in [4.78, 5) is 14.0. The Labute approximate surface area is 241 Å². The van der Waals surface area contributed by atoms with Crippen LogP contribution in [0, 0.1) is 11.6 Å². The Kier molecular flexibility index (Phi) is 6.53. The van der Waals surface area contributed by atoms with Crippen LogP contribution in [-0.4, -0.2) is 15.0 Å². The summed E-state index contributed by atoms with van der Waals surface area (Å²) in [6, 6.07) is 43.5. The van der Waals surface area contributed by atoms with E-state index < -0.39 is 0 Å². The Hall–Kier alpha value is -5.55. The standard InChI is InChI=1S/C37H23F2N3/c38-33-18-14-27(15-19-33)36-40-35(41-37(42-36)28-16-20-34(39)21-17-28)26-8-6-25(7-9-26)30-11-13-31-22-29(10-12-32(31)23-30)24-4-2-1-3-5-24/h1-23H. The first-order valence-electron chi connectivity index (χ1n) is 13.6. The van der Waals surface area contributed by atoms with E-state index in [0.717, 1.165) is 16.7 Å².